The molecule has 0 radical (unpaired) electrons. The number of aromatic nitrogens is 2. The molecule has 39 heavy (non-hydrogen) atoms. The van der Waals surface area contributed by atoms with Gasteiger partial charge in [0.25, 0.3) is 5.91 Å². The van der Waals surface area contributed by atoms with Gasteiger partial charge in [-0.25, -0.2) is 13.4 Å². The highest BCUT2D eigenvalue weighted by Gasteiger charge is 2.26. The van der Waals surface area contributed by atoms with Gasteiger partial charge in [-0.3, -0.25) is 14.7 Å². The molecule has 0 saturated carbocycles. The fourth-order valence-electron chi connectivity index (χ4n) is 4.02. The number of amides is 1. The number of aryl methyl sites for hydroxylation is 2. The van der Waals surface area contributed by atoms with Crippen molar-refractivity contribution in [3.63, 3.8) is 0 Å². The molecule has 0 bridgehead atoms. The highest BCUT2D eigenvalue weighted by Crippen LogP contribution is 2.34. The molecule has 198 valence electrons. The van der Waals surface area contributed by atoms with Crippen LogP contribution in [0.3, 0.4) is 0 Å². The monoisotopic (exact) mass is 558 g/mol. The molecule has 0 fully saturated rings. The van der Waals surface area contributed by atoms with Crippen molar-refractivity contribution < 1.29 is 13.2 Å². The van der Waals surface area contributed by atoms with Gasteiger partial charge in [-0.15, -0.1) is 0 Å². The quantitative estimate of drug-likeness (QED) is 0.268. The minimum absolute atomic E-state index is 0.00479. The molecular formula is C28H26N6O3S2. The van der Waals surface area contributed by atoms with E-state index in [1.54, 1.807) is 17.2 Å². The number of benzene rings is 2. The largest absolute Gasteiger partial charge is 0.278 e. The number of anilines is 1. The van der Waals surface area contributed by atoms with E-state index in [1.807, 2.05) is 50.3 Å². The summed E-state index contributed by atoms with van der Waals surface area (Å²) in [6, 6.07) is 19.1. The van der Waals surface area contributed by atoms with Crippen molar-refractivity contribution in [3.8, 4) is 12.1 Å². The Morgan fingerprint density at radius 3 is 2.21 bits per heavy atom. The molecule has 0 N–H and O–H groups in total. The molecule has 2 aromatic heterocycles. The Bertz CT molecular complexity index is 1610. The average Bonchev–Trinajstić information content (AvgIpc) is 3.41. The predicted molar refractivity (Wildman–Crippen MR) is 150 cm³/mol. The number of nitrogens with zero attached hydrogens (tertiary/aromatic N) is 6. The summed E-state index contributed by atoms with van der Waals surface area (Å²) in [5.74, 6) is -0.343. The van der Waals surface area contributed by atoms with Gasteiger partial charge >= 0.3 is 0 Å². The van der Waals surface area contributed by atoms with Crippen molar-refractivity contribution >= 4 is 42.6 Å². The molecule has 0 atom stereocenters. The Morgan fingerprint density at radius 2 is 1.62 bits per heavy atom. The normalized spacial score (nSPS) is 11.3. The lowest BCUT2D eigenvalue weighted by Crippen LogP contribution is -2.33. The first-order chi connectivity index (χ1) is 18.8. The first-order valence-corrected chi connectivity index (χ1v) is 14.4. The van der Waals surface area contributed by atoms with Crippen molar-refractivity contribution in [2.75, 3.05) is 18.0 Å². The zero-order chi connectivity index (χ0) is 28.0. The van der Waals surface area contributed by atoms with E-state index in [1.165, 1.54) is 35.6 Å². The van der Waals surface area contributed by atoms with Gasteiger partial charge in [0.15, 0.2) is 5.13 Å². The van der Waals surface area contributed by atoms with E-state index in [9.17, 15) is 13.2 Å². The molecule has 2 aromatic carbocycles. The molecular weight excluding hydrogens is 532 g/mol. The smallest absolute Gasteiger partial charge is 0.260 e. The maximum Gasteiger partial charge on any atom is 0.260 e. The summed E-state index contributed by atoms with van der Waals surface area (Å²) >= 11 is 1.43. The van der Waals surface area contributed by atoms with Crippen LogP contribution in [0, 0.1) is 36.5 Å². The summed E-state index contributed by atoms with van der Waals surface area (Å²) < 4.78 is 28.5. The maximum atomic E-state index is 13.8. The van der Waals surface area contributed by atoms with Gasteiger partial charge in [0.2, 0.25) is 10.0 Å². The van der Waals surface area contributed by atoms with Crippen molar-refractivity contribution in [1.82, 2.24) is 14.3 Å². The number of pyridine rings is 1. The van der Waals surface area contributed by atoms with Gasteiger partial charge in [-0.05, 0) is 61.4 Å². The highest BCUT2D eigenvalue weighted by atomic mass is 32.2. The van der Waals surface area contributed by atoms with Crippen molar-refractivity contribution in [2.45, 2.75) is 38.1 Å². The maximum absolute atomic E-state index is 13.8. The van der Waals surface area contributed by atoms with E-state index in [4.69, 9.17) is 15.5 Å². The summed E-state index contributed by atoms with van der Waals surface area (Å²) in [5.41, 5.74) is 3.89. The molecule has 4 rings (SSSR count). The van der Waals surface area contributed by atoms with Crippen LogP contribution in [0.1, 0.15) is 40.0 Å². The van der Waals surface area contributed by atoms with Crippen LogP contribution in [0.15, 0.2) is 65.7 Å². The molecule has 2 heterocycles. The third kappa shape index (κ3) is 6.13. The number of hydrogen-bond acceptors (Lipinski definition) is 8. The molecule has 0 unspecified atom stereocenters. The number of sulfonamides is 1. The Morgan fingerprint density at radius 1 is 0.949 bits per heavy atom. The Balaban J connectivity index is 1.69. The Hall–Kier alpha value is -4.16. The van der Waals surface area contributed by atoms with Gasteiger partial charge in [-0.1, -0.05) is 29.5 Å². The average molecular weight is 559 g/mol. The minimum Gasteiger partial charge on any atom is -0.278 e. The fraction of sp³-hybridized carbons (Fsp3) is 0.250. The van der Waals surface area contributed by atoms with Gasteiger partial charge in [0.05, 0.1) is 39.5 Å². The van der Waals surface area contributed by atoms with Crippen LogP contribution in [-0.4, -0.2) is 41.7 Å². The molecule has 11 heteroatoms. The standard InChI is InChI=1S/C28H26N6O3S2/c1-20-8-9-21(2)26-25(20)32-28(38-26)34(19-23-7-3-4-16-31-23)27(35)22-10-12-24(13-11-22)39(36,37)33(17-5-14-29)18-6-15-30/h3-4,7-13,16H,5-6,17-19H2,1-2H3. The SMILES string of the molecule is Cc1ccc(C)c2sc(N(Cc3ccccn3)C(=O)c3ccc(S(=O)(=O)N(CCC#N)CCC#N)cc3)nc12. The van der Waals surface area contributed by atoms with E-state index >= 15 is 0 Å². The molecule has 1 amide bonds. The zero-order valence-corrected chi connectivity index (χ0v) is 23.2. The summed E-state index contributed by atoms with van der Waals surface area (Å²) in [6.07, 6.45) is 1.67. The lowest BCUT2D eigenvalue weighted by molar-refractivity contribution is 0.0984. The van der Waals surface area contributed by atoms with E-state index in [2.05, 4.69) is 4.98 Å². The van der Waals surface area contributed by atoms with E-state index in [0.717, 1.165) is 25.6 Å². The topological polar surface area (TPSA) is 131 Å². The number of carbonyl (C=O) groups is 1. The number of fused-ring (bicyclic) bond motifs is 1. The van der Waals surface area contributed by atoms with Gasteiger partial charge in [-0.2, -0.15) is 14.8 Å². The molecule has 4 aromatic rings. The molecule has 0 aliphatic heterocycles. The second-order valence-corrected chi connectivity index (χ2v) is 11.7. The van der Waals surface area contributed by atoms with Crippen LogP contribution in [0.4, 0.5) is 5.13 Å². The molecule has 0 aliphatic rings. The second-order valence-electron chi connectivity index (χ2n) is 8.83. The third-order valence-electron chi connectivity index (χ3n) is 6.14. The molecule has 0 spiro atoms. The third-order valence-corrected chi connectivity index (χ3v) is 9.26. The molecule has 9 nitrogen and oxygen atoms in total. The van der Waals surface area contributed by atoms with E-state index in [0.29, 0.717) is 10.8 Å². The number of nitriles is 2. The van der Waals surface area contributed by atoms with Crippen LogP contribution in [0.25, 0.3) is 10.2 Å². The second kappa shape index (κ2) is 12.1. The number of thiazole rings is 1. The Kier molecular flexibility index (Phi) is 8.67. The van der Waals surface area contributed by atoms with E-state index in [-0.39, 0.29) is 48.8 Å². The van der Waals surface area contributed by atoms with Crippen LogP contribution >= 0.6 is 11.3 Å². The minimum atomic E-state index is -3.95. The van der Waals surface area contributed by atoms with Gasteiger partial charge in [0, 0.05) is 37.7 Å². The highest BCUT2D eigenvalue weighted by molar-refractivity contribution is 7.89. The predicted octanol–water partition coefficient (Wildman–Crippen LogP) is 4.97. The summed E-state index contributed by atoms with van der Waals surface area (Å²) in [7, 11) is -3.95. The Labute approximate surface area is 231 Å². The summed E-state index contributed by atoms with van der Waals surface area (Å²) in [5, 5.41) is 18.4. The molecule has 0 saturated heterocycles. The van der Waals surface area contributed by atoms with E-state index < -0.39 is 10.0 Å². The van der Waals surface area contributed by atoms with Crippen LogP contribution in [0.5, 0.6) is 0 Å². The molecule has 0 aliphatic carbocycles. The van der Waals surface area contributed by atoms with Crippen molar-refractivity contribution in [2.24, 2.45) is 0 Å². The number of carbonyl (C=O) groups excluding carboxylic acids is 1. The van der Waals surface area contributed by atoms with Crippen molar-refractivity contribution in [1.29, 1.82) is 10.5 Å². The fourth-order valence-corrected chi connectivity index (χ4v) is 6.57. The van der Waals surface area contributed by atoms with Crippen molar-refractivity contribution in [3.05, 3.63) is 83.2 Å². The van der Waals surface area contributed by atoms with Gasteiger partial charge < -0.3 is 0 Å². The van der Waals surface area contributed by atoms with Crippen LogP contribution in [-0.2, 0) is 16.6 Å². The summed E-state index contributed by atoms with van der Waals surface area (Å²) in [4.78, 5) is 24.5. The lowest BCUT2D eigenvalue weighted by atomic mass is 10.1. The van der Waals surface area contributed by atoms with Crippen LogP contribution < -0.4 is 4.90 Å². The number of hydrogen-bond donors (Lipinski definition) is 0. The first-order valence-electron chi connectivity index (χ1n) is 12.2. The van der Waals surface area contributed by atoms with Gasteiger partial charge in [0.1, 0.15) is 0 Å². The van der Waals surface area contributed by atoms with Crippen LogP contribution in [0.2, 0.25) is 0 Å². The first kappa shape index (κ1) is 27.9. The zero-order valence-electron chi connectivity index (χ0n) is 21.5. The number of rotatable bonds is 10. The lowest BCUT2D eigenvalue weighted by Gasteiger charge is -2.21. The summed E-state index contributed by atoms with van der Waals surface area (Å²) in [6.45, 7) is 4.13.